The molecule has 0 atom stereocenters. The Bertz CT molecular complexity index is 664. The van der Waals surface area contributed by atoms with Crippen molar-refractivity contribution >= 4 is 17.5 Å². The summed E-state index contributed by atoms with van der Waals surface area (Å²) in [5.41, 5.74) is 2.70. The Morgan fingerprint density at radius 2 is 1.64 bits per heavy atom. The highest BCUT2D eigenvalue weighted by Crippen LogP contribution is 2.26. The maximum atomic E-state index is 12.7. The van der Waals surface area contributed by atoms with Gasteiger partial charge in [-0.05, 0) is 30.3 Å². The summed E-state index contributed by atoms with van der Waals surface area (Å²) in [7, 11) is 2.07. The van der Waals surface area contributed by atoms with Gasteiger partial charge in [0.05, 0.1) is 10.6 Å². The van der Waals surface area contributed by atoms with Crippen LogP contribution in [0, 0.1) is 0 Å². The lowest BCUT2D eigenvalue weighted by Crippen LogP contribution is -2.47. The third kappa shape index (κ3) is 3.16. The predicted molar refractivity (Wildman–Crippen MR) is 90.3 cm³/mol. The first-order chi connectivity index (χ1) is 10.6. The van der Waals surface area contributed by atoms with Gasteiger partial charge in [-0.15, -0.1) is 0 Å². The lowest BCUT2D eigenvalue weighted by atomic mass is 10.0. The molecule has 1 heterocycles. The number of amides is 1. The Balaban J connectivity index is 1.88. The normalized spacial score (nSPS) is 15.8. The van der Waals surface area contributed by atoms with Crippen LogP contribution in [0.5, 0.6) is 0 Å². The quantitative estimate of drug-likeness (QED) is 0.848. The Morgan fingerprint density at radius 1 is 0.955 bits per heavy atom. The first-order valence-electron chi connectivity index (χ1n) is 7.48. The van der Waals surface area contributed by atoms with E-state index >= 15 is 0 Å². The summed E-state index contributed by atoms with van der Waals surface area (Å²) in [4.78, 5) is 16.8. The van der Waals surface area contributed by atoms with Crippen molar-refractivity contribution in [2.75, 3.05) is 33.2 Å². The van der Waals surface area contributed by atoms with Crippen LogP contribution in [0.4, 0.5) is 0 Å². The van der Waals surface area contributed by atoms with E-state index in [0.717, 1.165) is 37.3 Å². The molecule has 1 fully saturated rings. The molecule has 2 aromatic carbocycles. The molecule has 4 heteroatoms. The average Bonchev–Trinajstić information content (AvgIpc) is 2.56. The second-order valence-corrected chi connectivity index (χ2v) is 6.06. The number of carbonyl (C=O) groups excluding carboxylic acids is 1. The molecule has 1 aliphatic heterocycles. The molecule has 3 rings (SSSR count). The molecule has 0 unspecified atom stereocenters. The van der Waals surface area contributed by atoms with E-state index in [0.29, 0.717) is 10.6 Å². The van der Waals surface area contributed by atoms with Crippen molar-refractivity contribution in [3.63, 3.8) is 0 Å². The fraction of sp³-hybridized carbons (Fsp3) is 0.278. The van der Waals surface area contributed by atoms with Crippen molar-refractivity contribution in [3.05, 3.63) is 59.1 Å². The van der Waals surface area contributed by atoms with E-state index in [-0.39, 0.29) is 5.91 Å². The van der Waals surface area contributed by atoms with Crippen molar-refractivity contribution in [2.45, 2.75) is 0 Å². The minimum atomic E-state index is 0.0240. The highest BCUT2D eigenvalue weighted by molar-refractivity contribution is 6.34. The fourth-order valence-corrected chi connectivity index (χ4v) is 2.88. The van der Waals surface area contributed by atoms with Crippen molar-refractivity contribution < 1.29 is 4.79 Å². The van der Waals surface area contributed by atoms with Gasteiger partial charge in [-0.25, -0.2) is 0 Å². The molecule has 22 heavy (non-hydrogen) atoms. The molecule has 0 spiro atoms. The molecule has 1 amide bonds. The molecule has 3 nitrogen and oxygen atoms in total. The third-order valence-corrected chi connectivity index (χ3v) is 4.42. The first-order valence-corrected chi connectivity index (χ1v) is 7.86. The van der Waals surface area contributed by atoms with Gasteiger partial charge in [0.25, 0.3) is 5.91 Å². The monoisotopic (exact) mass is 314 g/mol. The van der Waals surface area contributed by atoms with Crippen molar-refractivity contribution in [3.8, 4) is 11.1 Å². The molecule has 0 aromatic heterocycles. The number of hydrogen-bond acceptors (Lipinski definition) is 2. The van der Waals surface area contributed by atoms with E-state index < -0.39 is 0 Å². The Kier molecular flexibility index (Phi) is 4.46. The second kappa shape index (κ2) is 6.51. The Labute approximate surface area is 136 Å². The Hall–Kier alpha value is -1.84. The molecular weight excluding hydrogens is 296 g/mol. The van der Waals surface area contributed by atoms with E-state index in [9.17, 15) is 4.79 Å². The summed E-state index contributed by atoms with van der Waals surface area (Å²) in [5.74, 6) is 0.0240. The SMILES string of the molecule is CN1CCN(C(=O)c2cc(-c3ccccc3)ccc2Cl)CC1. The van der Waals surface area contributed by atoms with E-state index in [1.165, 1.54) is 0 Å². The number of nitrogens with zero attached hydrogens (tertiary/aromatic N) is 2. The van der Waals surface area contributed by atoms with Crippen LogP contribution in [0.15, 0.2) is 48.5 Å². The van der Waals surface area contributed by atoms with Gasteiger partial charge >= 0.3 is 0 Å². The number of piperazine rings is 1. The zero-order valence-corrected chi connectivity index (χ0v) is 13.4. The zero-order chi connectivity index (χ0) is 15.5. The van der Waals surface area contributed by atoms with Crippen LogP contribution in [-0.2, 0) is 0 Å². The number of hydrogen-bond donors (Lipinski definition) is 0. The first kappa shape index (κ1) is 15.1. The summed E-state index contributed by atoms with van der Waals surface area (Å²) in [5, 5.41) is 0.517. The van der Waals surface area contributed by atoms with E-state index in [1.54, 1.807) is 0 Å². The summed E-state index contributed by atoms with van der Waals surface area (Å²) >= 11 is 6.27. The summed E-state index contributed by atoms with van der Waals surface area (Å²) in [6, 6.07) is 15.7. The van der Waals surface area contributed by atoms with Crippen LogP contribution in [0.2, 0.25) is 5.02 Å². The number of carbonyl (C=O) groups is 1. The zero-order valence-electron chi connectivity index (χ0n) is 12.6. The average molecular weight is 315 g/mol. The smallest absolute Gasteiger partial charge is 0.255 e. The molecule has 0 bridgehead atoms. The fourth-order valence-electron chi connectivity index (χ4n) is 2.68. The van der Waals surface area contributed by atoms with Crippen LogP contribution >= 0.6 is 11.6 Å². The number of benzene rings is 2. The van der Waals surface area contributed by atoms with Crippen LogP contribution in [0.3, 0.4) is 0 Å². The Morgan fingerprint density at radius 3 is 2.32 bits per heavy atom. The standard InChI is InChI=1S/C18H19ClN2O/c1-20-9-11-21(12-10-20)18(22)16-13-15(7-8-17(16)19)14-5-3-2-4-6-14/h2-8,13H,9-12H2,1H3. The van der Waals surface area contributed by atoms with Crippen molar-refractivity contribution in [2.24, 2.45) is 0 Å². The highest BCUT2D eigenvalue weighted by atomic mass is 35.5. The molecule has 114 valence electrons. The molecule has 0 N–H and O–H groups in total. The van der Waals surface area contributed by atoms with Crippen LogP contribution < -0.4 is 0 Å². The number of rotatable bonds is 2. The van der Waals surface area contributed by atoms with Gasteiger partial charge in [0.15, 0.2) is 0 Å². The van der Waals surface area contributed by atoms with E-state index in [4.69, 9.17) is 11.6 Å². The number of likely N-dealkylation sites (N-methyl/N-ethyl adjacent to an activating group) is 1. The lowest BCUT2D eigenvalue weighted by Gasteiger charge is -2.32. The maximum absolute atomic E-state index is 12.7. The largest absolute Gasteiger partial charge is 0.336 e. The minimum absolute atomic E-state index is 0.0240. The van der Waals surface area contributed by atoms with Crippen LogP contribution in [-0.4, -0.2) is 48.9 Å². The van der Waals surface area contributed by atoms with Crippen LogP contribution in [0.1, 0.15) is 10.4 Å². The second-order valence-electron chi connectivity index (χ2n) is 5.66. The summed E-state index contributed by atoms with van der Waals surface area (Å²) < 4.78 is 0. The van der Waals surface area contributed by atoms with Crippen molar-refractivity contribution in [1.29, 1.82) is 0 Å². The van der Waals surface area contributed by atoms with Gasteiger partial charge in [-0.2, -0.15) is 0 Å². The third-order valence-electron chi connectivity index (χ3n) is 4.09. The van der Waals surface area contributed by atoms with Gasteiger partial charge in [-0.1, -0.05) is 48.0 Å². The molecule has 1 aliphatic rings. The highest BCUT2D eigenvalue weighted by Gasteiger charge is 2.22. The number of halogens is 1. The topological polar surface area (TPSA) is 23.6 Å². The van der Waals surface area contributed by atoms with E-state index in [1.807, 2.05) is 53.4 Å². The van der Waals surface area contributed by atoms with Gasteiger partial charge in [0.1, 0.15) is 0 Å². The molecule has 2 aromatic rings. The van der Waals surface area contributed by atoms with Gasteiger partial charge in [0, 0.05) is 26.2 Å². The predicted octanol–water partition coefficient (Wildman–Crippen LogP) is 3.39. The van der Waals surface area contributed by atoms with Gasteiger partial charge in [-0.3, -0.25) is 4.79 Å². The van der Waals surface area contributed by atoms with E-state index in [2.05, 4.69) is 11.9 Å². The van der Waals surface area contributed by atoms with Crippen molar-refractivity contribution in [1.82, 2.24) is 9.80 Å². The summed E-state index contributed by atoms with van der Waals surface area (Å²) in [6.07, 6.45) is 0. The minimum Gasteiger partial charge on any atom is -0.336 e. The lowest BCUT2D eigenvalue weighted by molar-refractivity contribution is 0.0664. The maximum Gasteiger partial charge on any atom is 0.255 e. The molecule has 0 radical (unpaired) electrons. The molecule has 0 saturated carbocycles. The molecular formula is C18H19ClN2O. The van der Waals surface area contributed by atoms with Gasteiger partial charge in [0.2, 0.25) is 0 Å². The molecule has 1 saturated heterocycles. The summed E-state index contributed by atoms with van der Waals surface area (Å²) in [6.45, 7) is 3.31. The van der Waals surface area contributed by atoms with Crippen LogP contribution in [0.25, 0.3) is 11.1 Å². The van der Waals surface area contributed by atoms with Gasteiger partial charge < -0.3 is 9.80 Å². The molecule has 0 aliphatic carbocycles.